The fraction of sp³-hybridized carbons (Fsp3) is 0.333. The van der Waals surface area contributed by atoms with Crippen molar-refractivity contribution >= 4 is 44.3 Å². The fourth-order valence-electron chi connectivity index (χ4n) is 5.43. The van der Waals surface area contributed by atoms with E-state index in [1.165, 1.54) is 44.6 Å². The summed E-state index contributed by atoms with van der Waals surface area (Å²) in [7, 11) is -3.86. The number of hydrogen-bond donors (Lipinski definition) is 1. The first-order valence-electron chi connectivity index (χ1n) is 15.0. The molecule has 4 aromatic rings. The Morgan fingerprint density at radius 1 is 1.07 bits per heavy atom. The summed E-state index contributed by atoms with van der Waals surface area (Å²) in [6, 6.07) is 16.6. The molecule has 3 heterocycles. The Morgan fingerprint density at radius 3 is 2.37 bits per heavy atom. The van der Waals surface area contributed by atoms with E-state index < -0.39 is 22.0 Å². The Bertz CT molecular complexity index is 1860. The number of sulfonamides is 1. The van der Waals surface area contributed by atoms with Crippen molar-refractivity contribution in [3.8, 4) is 0 Å². The molecular formula is C33H37N5O6S2. The van der Waals surface area contributed by atoms with Crippen molar-refractivity contribution in [2.24, 2.45) is 0 Å². The van der Waals surface area contributed by atoms with Gasteiger partial charge in [0.1, 0.15) is 5.00 Å². The second kappa shape index (κ2) is 13.6. The average Bonchev–Trinajstić information content (AvgIpc) is 3.57. The highest BCUT2D eigenvalue weighted by atomic mass is 32.2. The van der Waals surface area contributed by atoms with E-state index in [2.05, 4.69) is 10.4 Å². The number of ether oxygens (including phenoxy) is 1. The second-order valence-corrected chi connectivity index (χ2v) is 14.3. The molecule has 13 heteroatoms. The first-order chi connectivity index (χ1) is 21.9. The molecule has 242 valence electrons. The Labute approximate surface area is 272 Å². The van der Waals surface area contributed by atoms with E-state index in [0.29, 0.717) is 34.9 Å². The van der Waals surface area contributed by atoms with Crippen LogP contribution in [0.3, 0.4) is 0 Å². The van der Waals surface area contributed by atoms with Crippen LogP contribution in [0.2, 0.25) is 0 Å². The molecule has 46 heavy (non-hydrogen) atoms. The molecule has 5 rings (SSSR count). The zero-order chi connectivity index (χ0) is 33.2. The molecule has 0 atom stereocenters. The van der Waals surface area contributed by atoms with Crippen molar-refractivity contribution in [2.45, 2.75) is 65.1 Å². The molecule has 0 bridgehead atoms. The van der Waals surface area contributed by atoms with Crippen LogP contribution in [0, 0.1) is 13.8 Å². The SMILES string of the molecule is CCOC(=O)N1CCc2c(sc(NC(=O)c3ccc(S(=O)(=O)N(Cc4ccccc4)C(C)C)cc3)c2C(=O)n2nc(C)cc2C)C1. The lowest BCUT2D eigenvalue weighted by Gasteiger charge is -2.26. The van der Waals surface area contributed by atoms with E-state index in [4.69, 9.17) is 4.74 Å². The maximum Gasteiger partial charge on any atom is 0.410 e. The predicted octanol–water partition coefficient (Wildman–Crippen LogP) is 5.62. The number of nitrogens with zero attached hydrogens (tertiary/aromatic N) is 4. The Kier molecular flexibility index (Phi) is 9.75. The van der Waals surface area contributed by atoms with Crippen LogP contribution in [0.15, 0.2) is 65.6 Å². The van der Waals surface area contributed by atoms with Crippen molar-refractivity contribution in [2.75, 3.05) is 18.5 Å². The molecule has 1 aliphatic rings. The third-order valence-corrected chi connectivity index (χ3v) is 10.9. The minimum atomic E-state index is -3.86. The number of aromatic nitrogens is 2. The third kappa shape index (κ3) is 6.76. The van der Waals surface area contributed by atoms with Gasteiger partial charge in [0.05, 0.1) is 29.3 Å². The van der Waals surface area contributed by atoms with Gasteiger partial charge in [-0.3, -0.25) is 9.59 Å². The average molecular weight is 664 g/mol. The molecule has 0 aliphatic carbocycles. The lowest BCUT2D eigenvalue weighted by molar-refractivity contribution is 0.0941. The van der Waals surface area contributed by atoms with Crippen LogP contribution in [-0.2, 0) is 34.3 Å². The minimum absolute atomic E-state index is 0.0692. The lowest BCUT2D eigenvalue weighted by Crippen LogP contribution is -2.36. The third-order valence-electron chi connectivity index (χ3n) is 7.71. The molecule has 1 aliphatic heterocycles. The van der Waals surface area contributed by atoms with Crippen LogP contribution in [0.25, 0.3) is 0 Å². The highest BCUT2D eigenvalue weighted by Gasteiger charge is 2.33. The number of benzene rings is 2. The monoisotopic (exact) mass is 663 g/mol. The smallest absolute Gasteiger partial charge is 0.410 e. The first-order valence-corrected chi connectivity index (χ1v) is 17.3. The standard InChI is InChI=1S/C33H37N5O6S2/c1-6-44-33(41)36-17-16-27-28(20-36)45-31(29(27)32(40)38-23(5)18-22(4)35-38)34-30(39)25-12-14-26(15-13-25)46(42,43)37(21(2)3)19-24-10-8-7-9-11-24/h7-15,18,21H,6,16-17,19-20H2,1-5H3,(H,34,39). The van der Waals surface area contributed by atoms with Gasteiger partial charge in [-0.2, -0.15) is 9.40 Å². The van der Waals surface area contributed by atoms with Gasteiger partial charge in [-0.1, -0.05) is 30.3 Å². The Morgan fingerprint density at radius 2 is 1.76 bits per heavy atom. The molecule has 2 aromatic carbocycles. The lowest BCUT2D eigenvalue weighted by atomic mass is 10.0. The van der Waals surface area contributed by atoms with E-state index in [-0.39, 0.29) is 42.1 Å². The predicted molar refractivity (Wildman–Crippen MR) is 176 cm³/mol. The minimum Gasteiger partial charge on any atom is -0.450 e. The van der Waals surface area contributed by atoms with Crippen LogP contribution in [0.1, 0.15) is 68.9 Å². The molecule has 0 spiro atoms. The Hall–Kier alpha value is -4.33. The van der Waals surface area contributed by atoms with Gasteiger partial charge >= 0.3 is 6.09 Å². The quantitative estimate of drug-likeness (QED) is 0.246. The fourth-order valence-corrected chi connectivity index (χ4v) is 8.30. The number of rotatable bonds is 9. The van der Waals surface area contributed by atoms with Crippen molar-refractivity contribution in [1.82, 2.24) is 19.0 Å². The van der Waals surface area contributed by atoms with Gasteiger partial charge in [-0.05, 0) is 82.5 Å². The largest absolute Gasteiger partial charge is 0.450 e. The number of carbonyl (C=O) groups excluding carboxylic acids is 3. The molecule has 2 aromatic heterocycles. The van der Waals surface area contributed by atoms with E-state index in [0.717, 1.165) is 16.0 Å². The van der Waals surface area contributed by atoms with E-state index in [1.54, 1.807) is 31.7 Å². The second-order valence-electron chi connectivity index (χ2n) is 11.3. The molecule has 2 amide bonds. The van der Waals surface area contributed by atoms with Gasteiger partial charge in [0.15, 0.2) is 0 Å². The van der Waals surface area contributed by atoms with Crippen LogP contribution in [0.4, 0.5) is 9.80 Å². The summed E-state index contributed by atoms with van der Waals surface area (Å²) in [5.74, 6) is -0.881. The summed E-state index contributed by atoms with van der Waals surface area (Å²) in [6.07, 6.45) is -0.0311. The summed E-state index contributed by atoms with van der Waals surface area (Å²) in [5, 5.41) is 7.58. The van der Waals surface area contributed by atoms with Gasteiger partial charge in [0.2, 0.25) is 10.0 Å². The maximum atomic E-state index is 13.9. The maximum absolute atomic E-state index is 13.9. The zero-order valence-corrected chi connectivity index (χ0v) is 28.1. The molecule has 0 saturated heterocycles. The van der Waals surface area contributed by atoms with Gasteiger partial charge in [-0.15, -0.1) is 11.3 Å². The van der Waals surface area contributed by atoms with Crippen LogP contribution in [-0.4, -0.2) is 64.5 Å². The van der Waals surface area contributed by atoms with E-state index >= 15 is 0 Å². The van der Waals surface area contributed by atoms with Crippen LogP contribution < -0.4 is 5.32 Å². The number of thiophene rings is 1. The van der Waals surface area contributed by atoms with Gasteiger partial charge in [-0.25, -0.2) is 17.9 Å². The van der Waals surface area contributed by atoms with Gasteiger partial charge in [0, 0.05) is 35.3 Å². The van der Waals surface area contributed by atoms with Crippen molar-refractivity contribution in [3.05, 3.63) is 99.2 Å². The number of hydrogen-bond acceptors (Lipinski definition) is 8. The van der Waals surface area contributed by atoms with E-state index in [1.807, 2.05) is 44.2 Å². The number of anilines is 1. The van der Waals surface area contributed by atoms with Gasteiger partial charge < -0.3 is 15.0 Å². The van der Waals surface area contributed by atoms with Crippen molar-refractivity contribution in [1.29, 1.82) is 0 Å². The molecule has 1 N–H and O–H groups in total. The first kappa shape index (κ1) is 33.0. The van der Waals surface area contributed by atoms with Crippen molar-refractivity contribution < 1.29 is 27.5 Å². The summed E-state index contributed by atoms with van der Waals surface area (Å²) < 4.78 is 35.1. The summed E-state index contributed by atoms with van der Waals surface area (Å²) in [4.78, 5) is 42.2. The van der Waals surface area contributed by atoms with Crippen molar-refractivity contribution in [3.63, 3.8) is 0 Å². The Balaban J connectivity index is 1.42. The molecular weight excluding hydrogens is 627 g/mol. The molecule has 0 fully saturated rings. The summed E-state index contributed by atoms with van der Waals surface area (Å²) in [6.45, 7) is 10.0. The zero-order valence-electron chi connectivity index (χ0n) is 26.4. The highest BCUT2D eigenvalue weighted by Crippen LogP contribution is 2.38. The molecule has 0 unspecified atom stereocenters. The normalized spacial score (nSPS) is 13.2. The van der Waals surface area contributed by atoms with Gasteiger partial charge in [0.25, 0.3) is 11.8 Å². The topological polar surface area (TPSA) is 131 Å². The van der Waals surface area contributed by atoms with E-state index in [9.17, 15) is 22.8 Å². The molecule has 0 radical (unpaired) electrons. The molecule has 11 nitrogen and oxygen atoms in total. The molecule has 0 saturated carbocycles. The number of amides is 2. The highest BCUT2D eigenvalue weighted by molar-refractivity contribution is 7.89. The summed E-state index contributed by atoms with van der Waals surface area (Å²) >= 11 is 1.23. The number of aryl methyl sites for hydroxylation is 2. The number of carbonyl (C=O) groups is 3. The number of fused-ring (bicyclic) bond motifs is 1. The summed E-state index contributed by atoms with van der Waals surface area (Å²) in [5.41, 5.74) is 3.52. The van der Waals surface area contributed by atoms with Crippen LogP contribution in [0.5, 0.6) is 0 Å². The van der Waals surface area contributed by atoms with Crippen LogP contribution >= 0.6 is 11.3 Å². The number of nitrogens with one attached hydrogen (secondary N) is 1.